The standard InChI is InChI=1S/C20H28N4OS/c1-16-18(26-20(21-2)22-16)19(25)24-13-7-12-23(14-15-24)11-6-10-17-8-4-3-5-9-17/h3-5,8-9H,6-7,10-15H2,1-2H3,(H,21,22). The van der Waals surface area contributed by atoms with Crippen molar-refractivity contribution in [2.24, 2.45) is 0 Å². The molecule has 1 aromatic heterocycles. The van der Waals surface area contributed by atoms with E-state index in [0.29, 0.717) is 0 Å². The fraction of sp³-hybridized carbons (Fsp3) is 0.500. The molecule has 140 valence electrons. The van der Waals surface area contributed by atoms with Crippen molar-refractivity contribution in [2.75, 3.05) is 45.1 Å². The molecule has 26 heavy (non-hydrogen) atoms. The SMILES string of the molecule is CNc1nc(C)c(C(=O)N2CCCN(CCCc3ccccc3)CC2)s1. The highest BCUT2D eigenvalue weighted by molar-refractivity contribution is 7.17. The molecule has 2 heterocycles. The van der Waals surface area contributed by atoms with Crippen molar-refractivity contribution in [1.82, 2.24) is 14.8 Å². The van der Waals surface area contributed by atoms with Gasteiger partial charge in [0.1, 0.15) is 4.88 Å². The third-order valence-electron chi connectivity index (χ3n) is 4.86. The molecule has 0 bridgehead atoms. The lowest BCUT2D eigenvalue weighted by atomic mass is 10.1. The molecule has 0 radical (unpaired) electrons. The van der Waals surface area contributed by atoms with Crippen molar-refractivity contribution >= 4 is 22.4 Å². The van der Waals surface area contributed by atoms with Crippen LogP contribution < -0.4 is 5.32 Å². The Morgan fingerprint density at radius 2 is 2.00 bits per heavy atom. The van der Waals surface area contributed by atoms with Gasteiger partial charge >= 0.3 is 0 Å². The number of carbonyl (C=O) groups is 1. The first kappa shape index (κ1) is 18.9. The quantitative estimate of drug-likeness (QED) is 0.845. The van der Waals surface area contributed by atoms with Crippen molar-refractivity contribution in [3.05, 3.63) is 46.5 Å². The molecule has 0 saturated carbocycles. The molecule has 5 nitrogen and oxygen atoms in total. The van der Waals surface area contributed by atoms with E-state index in [1.165, 1.54) is 16.9 Å². The Labute approximate surface area is 160 Å². The molecule has 3 rings (SSSR count). The molecule has 0 aliphatic carbocycles. The highest BCUT2D eigenvalue weighted by Crippen LogP contribution is 2.24. The van der Waals surface area contributed by atoms with E-state index in [9.17, 15) is 4.79 Å². The summed E-state index contributed by atoms with van der Waals surface area (Å²) >= 11 is 1.45. The summed E-state index contributed by atoms with van der Waals surface area (Å²) < 4.78 is 0. The Hall–Kier alpha value is -1.92. The number of rotatable bonds is 6. The van der Waals surface area contributed by atoms with E-state index in [2.05, 4.69) is 45.5 Å². The average Bonchev–Trinajstić information content (AvgIpc) is 2.88. The molecular weight excluding hydrogens is 344 g/mol. The first-order valence-electron chi connectivity index (χ1n) is 9.38. The van der Waals surface area contributed by atoms with Crippen molar-refractivity contribution in [3.8, 4) is 0 Å². The third kappa shape index (κ3) is 4.83. The Bertz CT molecular complexity index is 716. The molecule has 1 amide bonds. The molecule has 1 aliphatic heterocycles. The molecule has 1 aromatic carbocycles. The van der Waals surface area contributed by atoms with E-state index >= 15 is 0 Å². The van der Waals surface area contributed by atoms with Crippen LogP contribution in [0.4, 0.5) is 5.13 Å². The number of carbonyl (C=O) groups excluding carboxylic acids is 1. The Kier molecular flexibility index (Phi) is 6.63. The van der Waals surface area contributed by atoms with E-state index in [1.54, 1.807) is 0 Å². The second-order valence-corrected chi connectivity index (χ2v) is 7.76. The predicted octanol–water partition coefficient (Wildman–Crippen LogP) is 3.27. The monoisotopic (exact) mass is 372 g/mol. The largest absolute Gasteiger partial charge is 0.365 e. The number of thiazole rings is 1. The number of nitrogens with one attached hydrogen (secondary N) is 1. The summed E-state index contributed by atoms with van der Waals surface area (Å²) in [7, 11) is 1.84. The van der Waals surface area contributed by atoms with Crippen LogP contribution in [0.2, 0.25) is 0 Å². The van der Waals surface area contributed by atoms with Gasteiger partial charge in [-0.1, -0.05) is 41.7 Å². The van der Waals surface area contributed by atoms with E-state index in [0.717, 1.165) is 67.7 Å². The van der Waals surface area contributed by atoms with Crippen LogP contribution in [0.5, 0.6) is 0 Å². The minimum Gasteiger partial charge on any atom is -0.365 e. The summed E-state index contributed by atoms with van der Waals surface area (Å²) in [6, 6.07) is 10.7. The molecule has 1 N–H and O–H groups in total. The smallest absolute Gasteiger partial charge is 0.265 e. The van der Waals surface area contributed by atoms with Gasteiger partial charge in [0.05, 0.1) is 5.69 Å². The van der Waals surface area contributed by atoms with Gasteiger partial charge in [-0.3, -0.25) is 4.79 Å². The Balaban J connectivity index is 1.49. The lowest BCUT2D eigenvalue weighted by Gasteiger charge is -2.21. The normalized spacial score (nSPS) is 15.7. The average molecular weight is 373 g/mol. The predicted molar refractivity (Wildman–Crippen MR) is 108 cm³/mol. The zero-order valence-electron chi connectivity index (χ0n) is 15.7. The van der Waals surface area contributed by atoms with Gasteiger partial charge in [0, 0.05) is 26.7 Å². The van der Waals surface area contributed by atoms with Gasteiger partial charge in [-0.05, 0) is 44.8 Å². The van der Waals surface area contributed by atoms with Crippen molar-refractivity contribution in [1.29, 1.82) is 0 Å². The number of hydrogen-bond donors (Lipinski definition) is 1. The van der Waals surface area contributed by atoms with Crippen LogP contribution >= 0.6 is 11.3 Å². The second-order valence-electron chi connectivity index (χ2n) is 6.76. The summed E-state index contributed by atoms with van der Waals surface area (Å²) in [5, 5.41) is 3.84. The number of aryl methyl sites for hydroxylation is 2. The zero-order chi connectivity index (χ0) is 18.4. The molecule has 0 atom stereocenters. The van der Waals surface area contributed by atoms with Crippen molar-refractivity contribution in [3.63, 3.8) is 0 Å². The van der Waals surface area contributed by atoms with E-state index in [4.69, 9.17) is 0 Å². The van der Waals surface area contributed by atoms with Crippen LogP contribution in [0, 0.1) is 6.92 Å². The summed E-state index contributed by atoms with van der Waals surface area (Å²) in [5.74, 6) is 0.132. The molecule has 0 spiro atoms. The fourth-order valence-corrected chi connectivity index (χ4v) is 4.28. The molecule has 0 unspecified atom stereocenters. The molecule has 1 saturated heterocycles. The Morgan fingerprint density at radius 1 is 1.19 bits per heavy atom. The number of anilines is 1. The van der Waals surface area contributed by atoms with Crippen molar-refractivity contribution < 1.29 is 4.79 Å². The summed E-state index contributed by atoms with van der Waals surface area (Å²) in [6.45, 7) is 6.68. The Morgan fingerprint density at radius 3 is 2.73 bits per heavy atom. The highest BCUT2D eigenvalue weighted by Gasteiger charge is 2.23. The van der Waals surface area contributed by atoms with Crippen LogP contribution in [0.15, 0.2) is 30.3 Å². The number of aromatic nitrogens is 1. The van der Waals surface area contributed by atoms with Gasteiger partial charge in [-0.2, -0.15) is 0 Å². The van der Waals surface area contributed by atoms with E-state index in [1.807, 2.05) is 18.9 Å². The number of nitrogens with zero attached hydrogens (tertiary/aromatic N) is 3. The van der Waals surface area contributed by atoms with Gasteiger partial charge in [0.2, 0.25) is 0 Å². The van der Waals surface area contributed by atoms with Crippen LogP contribution in [0.1, 0.15) is 33.8 Å². The zero-order valence-corrected chi connectivity index (χ0v) is 16.5. The number of amides is 1. The van der Waals surface area contributed by atoms with Crippen molar-refractivity contribution in [2.45, 2.75) is 26.2 Å². The molecular formula is C20H28N4OS. The highest BCUT2D eigenvalue weighted by atomic mass is 32.1. The minimum absolute atomic E-state index is 0.132. The maximum Gasteiger partial charge on any atom is 0.265 e. The van der Waals surface area contributed by atoms with Crippen LogP contribution in [-0.4, -0.2) is 60.5 Å². The van der Waals surface area contributed by atoms with Crippen LogP contribution in [-0.2, 0) is 6.42 Å². The first-order chi connectivity index (χ1) is 12.7. The topological polar surface area (TPSA) is 48.5 Å². The lowest BCUT2D eigenvalue weighted by molar-refractivity contribution is 0.0765. The fourth-order valence-electron chi connectivity index (χ4n) is 3.39. The van der Waals surface area contributed by atoms with Gasteiger partial charge in [0.25, 0.3) is 5.91 Å². The van der Waals surface area contributed by atoms with Gasteiger partial charge in [-0.25, -0.2) is 4.98 Å². The molecule has 1 aliphatic rings. The second kappa shape index (κ2) is 9.14. The number of benzene rings is 1. The van der Waals surface area contributed by atoms with E-state index < -0.39 is 0 Å². The van der Waals surface area contributed by atoms with Gasteiger partial charge in [0.15, 0.2) is 5.13 Å². The molecule has 6 heteroatoms. The lowest BCUT2D eigenvalue weighted by Crippen LogP contribution is -2.35. The van der Waals surface area contributed by atoms with Crippen LogP contribution in [0.25, 0.3) is 0 Å². The third-order valence-corrected chi connectivity index (χ3v) is 6.03. The van der Waals surface area contributed by atoms with Gasteiger partial charge < -0.3 is 15.1 Å². The molecule has 2 aromatic rings. The van der Waals surface area contributed by atoms with Crippen LogP contribution in [0.3, 0.4) is 0 Å². The summed E-state index contributed by atoms with van der Waals surface area (Å²) in [6.07, 6.45) is 3.32. The maximum atomic E-state index is 12.9. The number of hydrogen-bond acceptors (Lipinski definition) is 5. The van der Waals surface area contributed by atoms with E-state index in [-0.39, 0.29) is 5.91 Å². The minimum atomic E-state index is 0.132. The summed E-state index contributed by atoms with van der Waals surface area (Å²) in [4.78, 5) is 22.5. The summed E-state index contributed by atoms with van der Waals surface area (Å²) in [5.41, 5.74) is 2.23. The molecule has 1 fully saturated rings. The maximum absolute atomic E-state index is 12.9. The first-order valence-corrected chi connectivity index (χ1v) is 10.2. The van der Waals surface area contributed by atoms with Gasteiger partial charge in [-0.15, -0.1) is 0 Å².